The van der Waals surface area contributed by atoms with Crippen LogP contribution in [-0.4, -0.2) is 60.1 Å². The first kappa shape index (κ1) is 19.7. The minimum Gasteiger partial charge on any atom is -0.467 e. The summed E-state index contributed by atoms with van der Waals surface area (Å²) in [4.78, 5) is 48.8. The number of nitrogens with two attached hydrogens (primary N) is 1. The van der Waals surface area contributed by atoms with E-state index in [1.54, 1.807) is 20.8 Å². The van der Waals surface area contributed by atoms with Crippen molar-refractivity contribution in [2.24, 2.45) is 5.73 Å². The van der Waals surface area contributed by atoms with Gasteiger partial charge in [0.25, 0.3) is 0 Å². The maximum Gasteiger partial charge on any atom is 0.408 e. The predicted octanol–water partition coefficient (Wildman–Crippen LogP) is -0.0809. The summed E-state index contributed by atoms with van der Waals surface area (Å²) in [6.45, 7) is 5.35. The van der Waals surface area contributed by atoms with Crippen molar-refractivity contribution in [1.29, 1.82) is 0 Å². The summed E-state index contributed by atoms with van der Waals surface area (Å²) in [6.07, 6.45) is -0.131. The van der Waals surface area contributed by atoms with Crippen LogP contribution in [0.4, 0.5) is 4.79 Å². The zero-order valence-corrected chi connectivity index (χ0v) is 14.5. The number of nitrogens with one attached hydrogen (secondary N) is 1. The van der Waals surface area contributed by atoms with Gasteiger partial charge in [0.15, 0.2) is 0 Å². The Morgan fingerprint density at radius 1 is 1.29 bits per heavy atom. The lowest BCUT2D eigenvalue weighted by molar-refractivity contribution is -0.151. The Morgan fingerprint density at radius 2 is 1.92 bits per heavy atom. The van der Waals surface area contributed by atoms with Crippen LogP contribution in [0.5, 0.6) is 0 Å². The molecule has 1 aliphatic rings. The number of carbonyl (C=O) groups excluding carboxylic acids is 4. The van der Waals surface area contributed by atoms with Crippen LogP contribution in [0.25, 0.3) is 0 Å². The molecule has 0 aromatic heterocycles. The number of alkyl carbamates (subject to hydrolysis) is 1. The molecule has 2 unspecified atom stereocenters. The molecule has 2 atom stereocenters. The molecule has 0 aromatic carbocycles. The molecule has 0 aromatic rings. The Bertz CT molecular complexity index is 514. The lowest BCUT2D eigenvalue weighted by atomic mass is 10.1. The van der Waals surface area contributed by atoms with Gasteiger partial charge in [-0.25, -0.2) is 9.59 Å². The largest absolute Gasteiger partial charge is 0.467 e. The highest BCUT2D eigenvalue weighted by atomic mass is 16.6. The first-order chi connectivity index (χ1) is 11.0. The van der Waals surface area contributed by atoms with Gasteiger partial charge in [0.05, 0.1) is 13.5 Å². The highest BCUT2D eigenvalue weighted by Gasteiger charge is 2.39. The van der Waals surface area contributed by atoms with Crippen molar-refractivity contribution in [3.05, 3.63) is 0 Å². The zero-order chi connectivity index (χ0) is 18.5. The number of carbonyl (C=O) groups is 4. The van der Waals surface area contributed by atoms with Crippen molar-refractivity contribution in [2.75, 3.05) is 13.7 Å². The topological polar surface area (TPSA) is 128 Å². The number of methoxy groups -OCH3 is 1. The van der Waals surface area contributed by atoms with Gasteiger partial charge >= 0.3 is 12.1 Å². The summed E-state index contributed by atoms with van der Waals surface area (Å²) in [7, 11) is 1.24. The van der Waals surface area contributed by atoms with E-state index in [0.29, 0.717) is 19.4 Å². The average Bonchev–Trinajstić information content (AvgIpc) is 2.91. The summed E-state index contributed by atoms with van der Waals surface area (Å²) in [5, 5.41) is 2.35. The third kappa shape index (κ3) is 5.71. The number of primary amides is 1. The van der Waals surface area contributed by atoms with Crippen LogP contribution in [-0.2, 0) is 23.9 Å². The van der Waals surface area contributed by atoms with Gasteiger partial charge < -0.3 is 25.4 Å². The highest BCUT2D eigenvalue weighted by Crippen LogP contribution is 2.20. The molecule has 1 heterocycles. The standard InChI is InChI=1S/C15H25N3O6/c1-15(2,3)24-14(22)17-9(8-11(16)19)12(20)18-7-5-6-10(18)13(21)23-4/h9-10H,5-8H2,1-4H3,(H2,16,19)(H,17,22). The molecule has 0 radical (unpaired) electrons. The molecular weight excluding hydrogens is 318 g/mol. The first-order valence-electron chi connectivity index (χ1n) is 7.71. The summed E-state index contributed by atoms with van der Waals surface area (Å²) in [5.74, 6) is -1.85. The molecule has 0 bridgehead atoms. The second kappa shape index (κ2) is 7.98. The van der Waals surface area contributed by atoms with E-state index in [9.17, 15) is 19.2 Å². The molecule has 24 heavy (non-hydrogen) atoms. The Balaban J connectivity index is 2.86. The molecule has 3 N–H and O–H groups in total. The molecule has 1 fully saturated rings. The number of ether oxygens (including phenoxy) is 2. The summed E-state index contributed by atoms with van der Waals surface area (Å²) in [5.41, 5.74) is 4.40. The van der Waals surface area contributed by atoms with Crippen LogP contribution < -0.4 is 11.1 Å². The number of esters is 1. The van der Waals surface area contributed by atoms with E-state index in [1.807, 2.05) is 0 Å². The van der Waals surface area contributed by atoms with E-state index in [4.69, 9.17) is 10.5 Å². The SMILES string of the molecule is COC(=O)C1CCCN1C(=O)C(CC(N)=O)NC(=O)OC(C)(C)C. The monoisotopic (exact) mass is 343 g/mol. The van der Waals surface area contributed by atoms with Gasteiger partial charge in [0.1, 0.15) is 17.7 Å². The molecule has 0 aliphatic carbocycles. The van der Waals surface area contributed by atoms with E-state index in [2.05, 4.69) is 10.1 Å². The average molecular weight is 343 g/mol. The van der Waals surface area contributed by atoms with Crippen LogP contribution in [0, 0.1) is 0 Å². The van der Waals surface area contributed by atoms with Crippen LogP contribution in [0.1, 0.15) is 40.0 Å². The van der Waals surface area contributed by atoms with Crippen LogP contribution in [0.3, 0.4) is 0 Å². The molecular formula is C15H25N3O6. The number of hydrogen-bond donors (Lipinski definition) is 2. The number of amides is 3. The summed E-state index contributed by atoms with van der Waals surface area (Å²) < 4.78 is 9.78. The molecule has 3 amide bonds. The number of rotatable bonds is 5. The maximum atomic E-state index is 12.7. The molecule has 136 valence electrons. The number of likely N-dealkylation sites (tertiary alicyclic amines) is 1. The fourth-order valence-electron chi connectivity index (χ4n) is 2.46. The smallest absolute Gasteiger partial charge is 0.408 e. The normalized spacial score (nSPS) is 18.7. The third-order valence-electron chi connectivity index (χ3n) is 3.40. The van der Waals surface area contributed by atoms with Gasteiger partial charge in [-0.1, -0.05) is 0 Å². The van der Waals surface area contributed by atoms with Gasteiger partial charge in [-0.2, -0.15) is 0 Å². The Morgan fingerprint density at radius 3 is 2.42 bits per heavy atom. The van der Waals surface area contributed by atoms with E-state index < -0.39 is 41.6 Å². The van der Waals surface area contributed by atoms with Crippen molar-refractivity contribution in [2.45, 2.75) is 57.7 Å². The van der Waals surface area contributed by atoms with Crippen molar-refractivity contribution < 1.29 is 28.7 Å². The minimum atomic E-state index is -1.19. The molecule has 0 saturated carbocycles. The van der Waals surface area contributed by atoms with E-state index in [-0.39, 0.29) is 6.42 Å². The molecule has 1 rings (SSSR count). The summed E-state index contributed by atoms with van der Waals surface area (Å²) >= 11 is 0. The molecule has 1 saturated heterocycles. The number of nitrogens with zero attached hydrogens (tertiary/aromatic N) is 1. The quantitative estimate of drug-likeness (QED) is 0.672. The van der Waals surface area contributed by atoms with Crippen molar-refractivity contribution >= 4 is 23.9 Å². The predicted molar refractivity (Wildman–Crippen MR) is 83.7 cm³/mol. The Kier molecular flexibility index (Phi) is 6.56. The van der Waals surface area contributed by atoms with Gasteiger partial charge in [-0.15, -0.1) is 0 Å². The molecule has 9 nitrogen and oxygen atoms in total. The van der Waals surface area contributed by atoms with Gasteiger partial charge in [0.2, 0.25) is 11.8 Å². The van der Waals surface area contributed by atoms with Crippen molar-refractivity contribution in [3.63, 3.8) is 0 Å². The van der Waals surface area contributed by atoms with E-state index >= 15 is 0 Å². The molecule has 1 aliphatic heterocycles. The molecule has 0 spiro atoms. The van der Waals surface area contributed by atoms with E-state index in [0.717, 1.165) is 0 Å². The zero-order valence-electron chi connectivity index (χ0n) is 14.5. The van der Waals surface area contributed by atoms with Crippen molar-refractivity contribution in [3.8, 4) is 0 Å². The highest BCUT2D eigenvalue weighted by molar-refractivity contribution is 5.93. The maximum absolute atomic E-state index is 12.7. The van der Waals surface area contributed by atoms with Gasteiger partial charge in [-0.3, -0.25) is 9.59 Å². The van der Waals surface area contributed by atoms with Gasteiger partial charge in [-0.05, 0) is 33.6 Å². The molecule has 9 heteroatoms. The second-order valence-corrected chi connectivity index (χ2v) is 6.58. The lowest BCUT2D eigenvalue weighted by Crippen LogP contribution is -2.53. The minimum absolute atomic E-state index is 0.337. The Hall–Kier alpha value is -2.32. The number of hydrogen-bond acceptors (Lipinski definition) is 6. The van der Waals surface area contributed by atoms with Crippen LogP contribution in [0.15, 0.2) is 0 Å². The van der Waals surface area contributed by atoms with E-state index in [1.165, 1.54) is 12.0 Å². The van der Waals surface area contributed by atoms with Crippen molar-refractivity contribution in [1.82, 2.24) is 10.2 Å². The summed E-state index contributed by atoms with van der Waals surface area (Å²) in [6, 6.07) is -1.92. The fourth-order valence-corrected chi connectivity index (χ4v) is 2.46. The third-order valence-corrected chi connectivity index (χ3v) is 3.40. The van der Waals surface area contributed by atoms with Crippen LogP contribution in [0.2, 0.25) is 0 Å². The Labute approximate surface area is 140 Å². The lowest BCUT2D eigenvalue weighted by Gasteiger charge is -2.28. The fraction of sp³-hybridized carbons (Fsp3) is 0.733. The van der Waals surface area contributed by atoms with Crippen LogP contribution >= 0.6 is 0 Å². The first-order valence-corrected chi connectivity index (χ1v) is 7.71. The second-order valence-electron chi connectivity index (χ2n) is 6.58. The van der Waals surface area contributed by atoms with Gasteiger partial charge in [0, 0.05) is 6.54 Å².